The van der Waals surface area contributed by atoms with Crippen LogP contribution >= 0.6 is 0 Å². The molecule has 0 aliphatic carbocycles. The van der Waals surface area contributed by atoms with E-state index in [2.05, 4.69) is 24.8 Å². The van der Waals surface area contributed by atoms with Gasteiger partial charge in [0.2, 0.25) is 5.88 Å². The van der Waals surface area contributed by atoms with Gasteiger partial charge in [0.05, 0.1) is 13.2 Å². The summed E-state index contributed by atoms with van der Waals surface area (Å²) in [7, 11) is 1.21. The van der Waals surface area contributed by atoms with Gasteiger partial charge in [-0.05, 0) is 44.5 Å². The number of ether oxygens (including phenoxy) is 2. The molecule has 2 heterocycles. The fourth-order valence-electron chi connectivity index (χ4n) is 2.49. The fraction of sp³-hybridized carbons (Fsp3) is 0.368. The van der Waals surface area contributed by atoms with Gasteiger partial charge >= 0.3 is 12.1 Å². The zero-order valence-electron chi connectivity index (χ0n) is 16.3. The SMILES string of the molecule is COC(=O)c1cc(C(=O)NC(C)c2cnc(OCC(F)(F)F)c(C)c2)cc(C)n1. The van der Waals surface area contributed by atoms with Gasteiger partial charge in [0.15, 0.2) is 6.61 Å². The van der Waals surface area contributed by atoms with Crippen LogP contribution in [0, 0.1) is 13.8 Å². The predicted octanol–water partition coefficient (Wildman–Crippen LogP) is 3.31. The number of pyridine rings is 2. The van der Waals surface area contributed by atoms with Crippen LogP contribution in [0.4, 0.5) is 13.2 Å². The lowest BCUT2D eigenvalue weighted by molar-refractivity contribution is -0.154. The van der Waals surface area contributed by atoms with Gasteiger partial charge in [0.25, 0.3) is 5.91 Å². The zero-order valence-corrected chi connectivity index (χ0v) is 16.3. The van der Waals surface area contributed by atoms with E-state index in [4.69, 9.17) is 0 Å². The van der Waals surface area contributed by atoms with Crippen LogP contribution in [0.1, 0.15) is 50.6 Å². The summed E-state index contributed by atoms with van der Waals surface area (Å²) in [6.45, 7) is 3.46. The van der Waals surface area contributed by atoms with Crippen molar-refractivity contribution in [2.75, 3.05) is 13.7 Å². The fourth-order valence-corrected chi connectivity index (χ4v) is 2.49. The van der Waals surface area contributed by atoms with Gasteiger partial charge in [-0.2, -0.15) is 13.2 Å². The van der Waals surface area contributed by atoms with E-state index < -0.39 is 30.7 Å². The average molecular weight is 411 g/mol. The van der Waals surface area contributed by atoms with Crippen molar-refractivity contribution in [3.8, 4) is 5.88 Å². The summed E-state index contributed by atoms with van der Waals surface area (Å²) in [6, 6.07) is 3.92. The Morgan fingerprint density at radius 2 is 1.90 bits per heavy atom. The van der Waals surface area contributed by atoms with Gasteiger partial charge in [-0.25, -0.2) is 14.8 Å². The number of hydrogen-bond donors (Lipinski definition) is 1. The Morgan fingerprint density at radius 1 is 1.21 bits per heavy atom. The first-order valence-electron chi connectivity index (χ1n) is 8.54. The van der Waals surface area contributed by atoms with Gasteiger partial charge in [-0.1, -0.05) is 0 Å². The number of hydrogen-bond acceptors (Lipinski definition) is 6. The second-order valence-corrected chi connectivity index (χ2v) is 6.36. The second-order valence-electron chi connectivity index (χ2n) is 6.36. The number of aromatic nitrogens is 2. The first-order chi connectivity index (χ1) is 13.5. The van der Waals surface area contributed by atoms with Crippen molar-refractivity contribution in [2.45, 2.75) is 33.0 Å². The number of rotatable bonds is 6. The molecule has 1 amide bonds. The molecule has 0 saturated heterocycles. The normalized spacial score (nSPS) is 12.2. The van der Waals surface area contributed by atoms with Crippen molar-refractivity contribution in [1.29, 1.82) is 0 Å². The quantitative estimate of drug-likeness (QED) is 0.734. The summed E-state index contributed by atoms with van der Waals surface area (Å²) in [6.07, 6.45) is -3.12. The molecule has 0 bridgehead atoms. The zero-order chi connectivity index (χ0) is 21.8. The number of nitrogens with one attached hydrogen (secondary N) is 1. The first-order valence-corrected chi connectivity index (χ1v) is 8.54. The van der Waals surface area contributed by atoms with Crippen molar-refractivity contribution in [3.05, 3.63) is 52.5 Å². The van der Waals surface area contributed by atoms with Crippen LogP contribution in [0.15, 0.2) is 24.4 Å². The van der Waals surface area contributed by atoms with E-state index in [1.807, 2.05) is 0 Å². The van der Waals surface area contributed by atoms with Crippen LogP contribution in [-0.2, 0) is 4.74 Å². The lowest BCUT2D eigenvalue weighted by atomic mass is 10.1. The molecule has 2 rings (SSSR count). The summed E-state index contributed by atoms with van der Waals surface area (Å²) >= 11 is 0. The molecule has 156 valence electrons. The number of halogens is 3. The van der Waals surface area contributed by atoms with Crippen LogP contribution in [0.5, 0.6) is 5.88 Å². The maximum Gasteiger partial charge on any atom is 0.422 e. The number of amides is 1. The molecule has 29 heavy (non-hydrogen) atoms. The highest BCUT2D eigenvalue weighted by molar-refractivity contribution is 5.97. The molecule has 7 nitrogen and oxygen atoms in total. The molecular weight excluding hydrogens is 391 g/mol. The van der Waals surface area contributed by atoms with E-state index in [9.17, 15) is 22.8 Å². The summed E-state index contributed by atoms with van der Waals surface area (Å²) < 4.78 is 46.1. The number of alkyl halides is 3. The Balaban J connectivity index is 2.13. The van der Waals surface area contributed by atoms with Crippen molar-refractivity contribution in [1.82, 2.24) is 15.3 Å². The molecule has 0 aliphatic heterocycles. The van der Waals surface area contributed by atoms with Gasteiger partial charge in [-0.3, -0.25) is 4.79 Å². The molecule has 0 radical (unpaired) electrons. The molecule has 0 saturated carbocycles. The molecule has 0 aliphatic rings. The minimum Gasteiger partial charge on any atom is -0.468 e. The standard InChI is InChI=1S/C19H20F3N3O4/c1-10-5-14(8-23-17(10)29-9-19(20,21)22)12(3)25-16(26)13-6-11(2)24-15(7-13)18(27)28-4/h5-8,12H,9H2,1-4H3,(H,25,26). The molecule has 0 fully saturated rings. The molecular formula is C19H20F3N3O4. The van der Waals surface area contributed by atoms with E-state index in [0.29, 0.717) is 16.8 Å². The Labute approximate surface area is 165 Å². The van der Waals surface area contributed by atoms with Crippen molar-refractivity contribution >= 4 is 11.9 Å². The van der Waals surface area contributed by atoms with Crippen LogP contribution < -0.4 is 10.1 Å². The second kappa shape index (κ2) is 8.89. The highest BCUT2D eigenvalue weighted by atomic mass is 19.4. The van der Waals surface area contributed by atoms with Crippen molar-refractivity contribution in [2.24, 2.45) is 0 Å². The van der Waals surface area contributed by atoms with Crippen LogP contribution in [-0.4, -0.2) is 41.7 Å². The molecule has 2 aromatic heterocycles. The Bertz CT molecular complexity index is 916. The predicted molar refractivity (Wildman–Crippen MR) is 96.7 cm³/mol. The summed E-state index contributed by atoms with van der Waals surface area (Å²) in [5, 5.41) is 2.75. The number of methoxy groups -OCH3 is 1. The monoisotopic (exact) mass is 411 g/mol. The summed E-state index contributed by atoms with van der Waals surface area (Å²) in [5.74, 6) is -1.25. The molecule has 1 atom stereocenters. The summed E-state index contributed by atoms with van der Waals surface area (Å²) in [5.41, 5.74) is 1.68. The van der Waals surface area contributed by atoms with E-state index in [0.717, 1.165) is 0 Å². The molecule has 0 spiro atoms. The van der Waals surface area contributed by atoms with Crippen LogP contribution in [0.2, 0.25) is 0 Å². The third kappa shape index (κ3) is 6.16. The van der Waals surface area contributed by atoms with Gasteiger partial charge in [-0.15, -0.1) is 0 Å². The number of esters is 1. The van der Waals surface area contributed by atoms with Gasteiger partial charge in [0.1, 0.15) is 5.69 Å². The van der Waals surface area contributed by atoms with E-state index >= 15 is 0 Å². The highest BCUT2D eigenvalue weighted by Crippen LogP contribution is 2.23. The maximum absolute atomic E-state index is 12.5. The van der Waals surface area contributed by atoms with Crippen LogP contribution in [0.3, 0.4) is 0 Å². The largest absolute Gasteiger partial charge is 0.468 e. The topological polar surface area (TPSA) is 90.4 Å². The average Bonchev–Trinajstić information content (AvgIpc) is 2.64. The van der Waals surface area contributed by atoms with E-state index in [1.165, 1.54) is 25.4 Å². The molecule has 0 aromatic carbocycles. The van der Waals surface area contributed by atoms with Crippen LogP contribution in [0.25, 0.3) is 0 Å². The number of carbonyl (C=O) groups is 2. The molecule has 10 heteroatoms. The Hall–Kier alpha value is -3.17. The first kappa shape index (κ1) is 22.1. The Kier molecular flexibility index (Phi) is 6.78. The minimum atomic E-state index is -4.46. The molecule has 1 unspecified atom stereocenters. The molecule has 2 aromatic rings. The Morgan fingerprint density at radius 3 is 2.48 bits per heavy atom. The molecule has 1 N–H and O–H groups in total. The number of aryl methyl sites for hydroxylation is 2. The lowest BCUT2D eigenvalue weighted by Gasteiger charge is -2.17. The van der Waals surface area contributed by atoms with Crippen molar-refractivity contribution < 1.29 is 32.2 Å². The number of carbonyl (C=O) groups excluding carboxylic acids is 2. The van der Waals surface area contributed by atoms with E-state index in [-0.39, 0.29) is 17.1 Å². The maximum atomic E-state index is 12.5. The summed E-state index contributed by atoms with van der Waals surface area (Å²) in [4.78, 5) is 32.1. The van der Waals surface area contributed by atoms with Gasteiger partial charge < -0.3 is 14.8 Å². The van der Waals surface area contributed by atoms with Gasteiger partial charge in [0, 0.05) is 23.0 Å². The highest BCUT2D eigenvalue weighted by Gasteiger charge is 2.29. The van der Waals surface area contributed by atoms with Crippen molar-refractivity contribution in [3.63, 3.8) is 0 Å². The van der Waals surface area contributed by atoms with E-state index in [1.54, 1.807) is 26.8 Å². The minimum absolute atomic E-state index is 0.00832. The third-order valence-electron chi connectivity index (χ3n) is 3.88. The lowest BCUT2D eigenvalue weighted by Crippen LogP contribution is -2.27. The third-order valence-corrected chi connectivity index (χ3v) is 3.88. The smallest absolute Gasteiger partial charge is 0.422 e. The number of nitrogens with zero attached hydrogens (tertiary/aromatic N) is 2.